The van der Waals surface area contributed by atoms with Gasteiger partial charge in [-0.25, -0.2) is 0 Å². The molecule has 1 unspecified atom stereocenters. The second-order valence-corrected chi connectivity index (χ2v) is 12.1. The molecule has 44 heavy (non-hydrogen) atoms. The van der Waals surface area contributed by atoms with Gasteiger partial charge in [0.15, 0.2) is 0 Å². The Morgan fingerprint density at radius 3 is 2.45 bits per heavy atom. The Bertz CT molecular complexity index is 1670. The highest BCUT2D eigenvalue weighted by Crippen LogP contribution is 2.58. The molecule has 1 N–H and O–H groups in total. The highest BCUT2D eigenvalue weighted by atomic mass is 16.6. The van der Waals surface area contributed by atoms with Crippen molar-refractivity contribution in [3.05, 3.63) is 103 Å². The van der Waals surface area contributed by atoms with Gasteiger partial charge in [-0.05, 0) is 47.7 Å². The van der Waals surface area contributed by atoms with Crippen LogP contribution in [-0.2, 0) is 30.3 Å². The molecule has 4 heterocycles. The number of hydrogen-bond donors (Lipinski definition) is 1. The number of anilines is 1. The van der Waals surface area contributed by atoms with Gasteiger partial charge in [-0.1, -0.05) is 91.9 Å². The van der Waals surface area contributed by atoms with Crippen LogP contribution in [0.5, 0.6) is 0 Å². The Morgan fingerprint density at radius 2 is 1.68 bits per heavy atom. The lowest BCUT2D eigenvalue weighted by atomic mass is 9.73. The van der Waals surface area contributed by atoms with Crippen LogP contribution in [0.25, 0.3) is 10.8 Å². The number of ether oxygens (including phenoxy) is 2. The van der Waals surface area contributed by atoms with Crippen molar-refractivity contribution in [2.45, 2.75) is 49.5 Å². The first-order valence-electron chi connectivity index (χ1n) is 15.4. The number of likely N-dealkylation sites (tertiary alicyclic amines) is 1. The van der Waals surface area contributed by atoms with Gasteiger partial charge in [-0.2, -0.15) is 0 Å². The number of aliphatic hydroxyl groups excluding tert-OH is 1. The maximum Gasteiger partial charge on any atom is 0.313 e. The first-order chi connectivity index (χ1) is 21.4. The summed E-state index contributed by atoms with van der Waals surface area (Å²) in [5, 5.41) is 12.8. The summed E-state index contributed by atoms with van der Waals surface area (Å²) in [6.45, 7) is 2.04. The maximum atomic E-state index is 14.9. The predicted molar refractivity (Wildman–Crippen MR) is 166 cm³/mol. The zero-order valence-corrected chi connectivity index (χ0v) is 24.7. The van der Waals surface area contributed by atoms with Crippen LogP contribution >= 0.6 is 0 Å². The van der Waals surface area contributed by atoms with E-state index in [9.17, 15) is 19.5 Å². The molecule has 3 aromatic carbocycles. The van der Waals surface area contributed by atoms with Crippen LogP contribution in [0.15, 0.2) is 97.1 Å². The smallest absolute Gasteiger partial charge is 0.313 e. The van der Waals surface area contributed by atoms with E-state index >= 15 is 0 Å². The first-order valence-corrected chi connectivity index (χ1v) is 15.4. The van der Waals surface area contributed by atoms with Crippen LogP contribution in [0.1, 0.15) is 25.3 Å². The minimum absolute atomic E-state index is 0.213. The van der Waals surface area contributed by atoms with Crippen LogP contribution < -0.4 is 4.90 Å². The van der Waals surface area contributed by atoms with Crippen molar-refractivity contribution in [3.8, 4) is 0 Å². The number of carbonyl (C=O) groups excluding carboxylic acids is 3. The summed E-state index contributed by atoms with van der Waals surface area (Å²) in [6, 6.07) is 21.6. The van der Waals surface area contributed by atoms with Gasteiger partial charge in [0.05, 0.1) is 25.2 Å². The molecule has 0 bridgehead atoms. The molecule has 6 atom stereocenters. The lowest BCUT2D eigenvalue weighted by Crippen LogP contribution is -2.59. The summed E-state index contributed by atoms with van der Waals surface area (Å²) < 4.78 is 12.7. The highest BCUT2D eigenvalue weighted by molar-refractivity contribution is 6.06. The number of cyclic esters (lactones) is 1. The van der Waals surface area contributed by atoms with Crippen molar-refractivity contribution in [2.75, 3.05) is 24.7 Å². The molecule has 4 aliphatic rings. The molecule has 2 fully saturated rings. The number of rotatable bonds is 6. The molecule has 8 heteroatoms. The van der Waals surface area contributed by atoms with Gasteiger partial charge in [0.25, 0.3) is 5.91 Å². The number of aliphatic hydroxyl groups is 1. The largest absolute Gasteiger partial charge is 0.465 e. The van der Waals surface area contributed by atoms with E-state index < -0.39 is 41.1 Å². The number of carbonyl (C=O) groups is 3. The van der Waals surface area contributed by atoms with Crippen LogP contribution in [0.2, 0.25) is 0 Å². The molecule has 0 saturated carbocycles. The fourth-order valence-electron chi connectivity index (χ4n) is 7.77. The number of hydrogen-bond acceptors (Lipinski definition) is 6. The van der Waals surface area contributed by atoms with Crippen molar-refractivity contribution in [3.63, 3.8) is 0 Å². The normalized spacial score (nSPS) is 30.3. The third-order valence-corrected chi connectivity index (χ3v) is 9.80. The van der Waals surface area contributed by atoms with Gasteiger partial charge in [0.2, 0.25) is 5.91 Å². The van der Waals surface area contributed by atoms with E-state index in [-0.39, 0.29) is 31.6 Å². The fourth-order valence-corrected chi connectivity index (χ4v) is 7.77. The average molecular weight is 593 g/mol. The van der Waals surface area contributed by atoms with Gasteiger partial charge >= 0.3 is 5.97 Å². The molecule has 4 aliphatic heterocycles. The minimum Gasteiger partial charge on any atom is -0.465 e. The van der Waals surface area contributed by atoms with Crippen LogP contribution in [0, 0.1) is 11.8 Å². The number of nitrogens with zero attached hydrogens (tertiary/aromatic N) is 2. The van der Waals surface area contributed by atoms with E-state index in [2.05, 4.69) is 0 Å². The molecular weight excluding hydrogens is 556 g/mol. The molecule has 1 spiro atoms. The van der Waals surface area contributed by atoms with E-state index in [1.807, 2.05) is 104 Å². The van der Waals surface area contributed by atoms with Crippen LogP contribution in [0.4, 0.5) is 5.69 Å². The lowest BCUT2D eigenvalue weighted by molar-refractivity contribution is -0.161. The number of esters is 1. The summed E-state index contributed by atoms with van der Waals surface area (Å²) in [5.74, 6) is -3.12. The highest BCUT2D eigenvalue weighted by Gasteiger charge is 2.76. The van der Waals surface area contributed by atoms with E-state index in [1.54, 1.807) is 4.90 Å². The van der Waals surface area contributed by atoms with Crippen molar-refractivity contribution in [1.29, 1.82) is 0 Å². The Morgan fingerprint density at radius 1 is 0.909 bits per heavy atom. The van der Waals surface area contributed by atoms with Gasteiger partial charge < -0.3 is 24.4 Å². The van der Waals surface area contributed by atoms with E-state index in [0.29, 0.717) is 24.9 Å². The molecular formula is C36H36N2O6. The van der Waals surface area contributed by atoms with Crippen molar-refractivity contribution in [1.82, 2.24) is 4.90 Å². The maximum absolute atomic E-state index is 14.9. The zero-order chi connectivity index (χ0) is 30.5. The molecule has 0 radical (unpaired) electrons. The molecule has 8 nitrogen and oxygen atoms in total. The van der Waals surface area contributed by atoms with Crippen molar-refractivity contribution < 1.29 is 29.0 Å². The number of benzene rings is 3. The summed E-state index contributed by atoms with van der Waals surface area (Å²) >= 11 is 0. The monoisotopic (exact) mass is 592 g/mol. The number of fused-ring (bicyclic) bond motifs is 3. The fraction of sp³-hybridized carbons (Fsp3) is 0.361. The molecule has 3 aromatic rings. The average Bonchev–Trinajstić information content (AvgIpc) is 3.40. The second kappa shape index (κ2) is 11.0. The molecule has 0 aromatic heterocycles. The minimum atomic E-state index is -1.43. The Balaban J connectivity index is 1.38. The topological polar surface area (TPSA) is 96.4 Å². The Kier molecular flexibility index (Phi) is 7.14. The summed E-state index contributed by atoms with van der Waals surface area (Å²) in [7, 11) is 0. The van der Waals surface area contributed by atoms with E-state index in [0.717, 1.165) is 16.3 Å². The summed E-state index contributed by atoms with van der Waals surface area (Å²) in [6.07, 6.45) is 8.84. The van der Waals surface area contributed by atoms with Crippen LogP contribution in [-0.4, -0.2) is 70.8 Å². The Hall–Kier alpha value is -4.27. The summed E-state index contributed by atoms with van der Waals surface area (Å²) in [4.78, 5) is 46.6. The van der Waals surface area contributed by atoms with Gasteiger partial charge in [0.1, 0.15) is 23.2 Å². The molecule has 2 saturated heterocycles. The molecule has 0 aliphatic carbocycles. The van der Waals surface area contributed by atoms with Gasteiger partial charge in [-0.15, -0.1) is 0 Å². The van der Waals surface area contributed by atoms with Gasteiger partial charge in [0, 0.05) is 12.2 Å². The lowest BCUT2D eigenvalue weighted by Gasteiger charge is -2.41. The first kappa shape index (κ1) is 28.5. The van der Waals surface area contributed by atoms with Gasteiger partial charge in [-0.3, -0.25) is 14.4 Å². The van der Waals surface area contributed by atoms with Crippen LogP contribution in [0.3, 0.4) is 0 Å². The number of amides is 2. The third kappa shape index (κ3) is 4.31. The SMILES string of the molecule is CC[C@@]12C=CCCOC(=O)[C@@H]1[C@H]1C(=O)N([C@@H](CO)Cc3ccccc3)C3C(=O)N(c4ccc5ccccc5c4)CC=C[C@@]31O2. The third-order valence-electron chi connectivity index (χ3n) is 9.80. The predicted octanol–water partition coefficient (Wildman–Crippen LogP) is 4.21. The van der Waals surface area contributed by atoms with Crippen molar-refractivity contribution >= 4 is 34.2 Å². The molecule has 7 rings (SSSR count). The second-order valence-electron chi connectivity index (χ2n) is 12.1. The summed E-state index contributed by atoms with van der Waals surface area (Å²) in [5.41, 5.74) is -0.925. The Labute approximate surface area is 256 Å². The standard InChI is InChI=1S/C36H36N2O6/c1-2-35-17-8-9-20-43-34(42)30(35)29-32(40)38(28(23-39)21-24-11-4-3-5-12-24)31-33(41)37(19-10-18-36(29,31)44-35)27-16-15-25-13-6-7-14-26(25)22-27/h3-8,10-18,22,28-31,39H,2,9,19-21,23H2,1H3/t28-,29+,30+,31?,35-,36+/m1/s1. The van der Waals surface area contributed by atoms with E-state index in [4.69, 9.17) is 9.47 Å². The molecule has 2 amide bonds. The zero-order valence-electron chi connectivity index (χ0n) is 24.7. The quantitative estimate of drug-likeness (QED) is 0.340. The van der Waals surface area contributed by atoms with E-state index in [1.165, 1.54) is 4.90 Å². The molecule has 226 valence electrons. The van der Waals surface area contributed by atoms with Crippen molar-refractivity contribution in [2.24, 2.45) is 11.8 Å².